The molecule has 0 amide bonds. The van der Waals surface area contributed by atoms with Crippen LogP contribution < -0.4 is 5.32 Å². The highest BCUT2D eigenvalue weighted by molar-refractivity contribution is 5.67. The van der Waals surface area contributed by atoms with Crippen molar-refractivity contribution in [1.82, 2.24) is 0 Å². The van der Waals surface area contributed by atoms with Gasteiger partial charge in [0.05, 0.1) is 33.0 Å². The minimum Gasteiger partial charge on any atom is -0.396 e. The summed E-state index contributed by atoms with van der Waals surface area (Å²) in [5, 5.41) is 51.1. The smallest absolute Gasteiger partial charge is 0.303 e. The van der Waals surface area contributed by atoms with Gasteiger partial charge >= 0.3 is 5.69 Å². The first-order chi connectivity index (χ1) is 16.8. The number of anilines is 1. The molecule has 12 heteroatoms. The number of hydrogen-bond acceptors (Lipinski definition) is 10. The summed E-state index contributed by atoms with van der Waals surface area (Å²) in [5.74, 6) is 0. The van der Waals surface area contributed by atoms with E-state index in [0.717, 1.165) is 23.4 Å². The van der Waals surface area contributed by atoms with Crippen molar-refractivity contribution in [3.63, 3.8) is 0 Å². The second-order valence-electron chi connectivity index (χ2n) is 7.41. The lowest BCUT2D eigenvalue weighted by Crippen LogP contribution is -1.98. The fourth-order valence-corrected chi connectivity index (χ4v) is 3.18. The van der Waals surface area contributed by atoms with Crippen LogP contribution in [-0.4, -0.2) is 28.1 Å². The summed E-state index contributed by atoms with van der Waals surface area (Å²) in [7, 11) is 0. The van der Waals surface area contributed by atoms with Gasteiger partial charge in [0.2, 0.25) is 0 Å². The average molecular weight is 477 g/mol. The van der Waals surface area contributed by atoms with E-state index in [0.29, 0.717) is 35.6 Å². The summed E-state index contributed by atoms with van der Waals surface area (Å²) in [6, 6.07) is 13.9. The zero-order chi connectivity index (χ0) is 25.4. The molecule has 0 aromatic heterocycles. The number of benzene rings is 3. The lowest BCUT2D eigenvalue weighted by molar-refractivity contribution is -0.393. The van der Waals surface area contributed by atoms with Crippen LogP contribution in [0, 0.1) is 27.2 Å². The van der Waals surface area contributed by atoms with Gasteiger partial charge in [0.15, 0.2) is 5.69 Å². The minimum absolute atomic E-state index is 0.0624. The van der Waals surface area contributed by atoms with E-state index < -0.39 is 21.2 Å². The predicted molar refractivity (Wildman–Crippen MR) is 131 cm³/mol. The largest absolute Gasteiger partial charge is 0.396 e. The molecule has 0 saturated heterocycles. The zero-order valence-corrected chi connectivity index (χ0v) is 19.1. The maximum absolute atomic E-state index is 11.3. The third-order valence-electron chi connectivity index (χ3n) is 4.91. The molecule has 3 aromatic carbocycles. The van der Waals surface area contributed by atoms with E-state index in [1.807, 2.05) is 25.1 Å². The number of rotatable bonds is 10. The standard InChI is InChI=1S/C23H23N7O5/c1-3-24-22-13-16(10-11-31)4-7-20(22)27-25-17-5-8-19(15(2)12-17)26-28-21-9-6-18(29(32)33)14-23(21)30(34)35/h4-9,12-14,24,31H,3,10-11H2,1-2H3. The highest BCUT2D eigenvalue weighted by Gasteiger charge is 2.19. The molecular formula is C23H23N7O5. The molecule has 35 heavy (non-hydrogen) atoms. The molecule has 2 N–H and O–H groups in total. The van der Waals surface area contributed by atoms with Crippen LogP contribution in [0.2, 0.25) is 0 Å². The van der Waals surface area contributed by atoms with E-state index in [-0.39, 0.29) is 12.3 Å². The molecule has 3 aromatic rings. The van der Waals surface area contributed by atoms with Crippen LogP contribution in [0.1, 0.15) is 18.1 Å². The molecule has 0 unspecified atom stereocenters. The minimum atomic E-state index is -0.740. The maximum atomic E-state index is 11.3. The Morgan fingerprint density at radius 3 is 2.20 bits per heavy atom. The van der Waals surface area contributed by atoms with Crippen molar-refractivity contribution in [3.05, 3.63) is 86.0 Å². The molecule has 0 atom stereocenters. The summed E-state index contributed by atoms with van der Waals surface area (Å²) >= 11 is 0. The van der Waals surface area contributed by atoms with Crippen molar-refractivity contribution >= 4 is 39.8 Å². The number of nitrogens with zero attached hydrogens (tertiary/aromatic N) is 6. The summed E-state index contributed by atoms with van der Waals surface area (Å²) in [6.07, 6.45) is 0.550. The highest BCUT2D eigenvalue weighted by Crippen LogP contribution is 2.34. The third-order valence-corrected chi connectivity index (χ3v) is 4.91. The van der Waals surface area contributed by atoms with Crippen molar-refractivity contribution in [2.45, 2.75) is 20.3 Å². The molecule has 0 aliphatic heterocycles. The number of nitro benzene ring substituents is 2. The van der Waals surface area contributed by atoms with Gasteiger partial charge in [-0.15, -0.1) is 10.2 Å². The summed E-state index contributed by atoms with van der Waals surface area (Å²) < 4.78 is 0. The molecule has 0 fully saturated rings. The molecule has 0 bridgehead atoms. The average Bonchev–Trinajstić information content (AvgIpc) is 2.83. The van der Waals surface area contributed by atoms with Crippen LogP contribution in [0.5, 0.6) is 0 Å². The predicted octanol–water partition coefficient (Wildman–Crippen LogP) is 6.61. The van der Waals surface area contributed by atoms with Gasteiger partial charge in [-0.1, -0.05) is 6.07 Å². The van der Waals surface area contributed by atoms with Gasteiger partial charge in [0.1, 0.15) is 5.69 Å². The van der Waals surface area contributed by atoms with Gasteiger partial charge in [-0.25, -0.2) is 0 Å². The van der Waals surface area contributed by atoms with Crippen LogP contribution in [0.15, 0.2) is 75.1 Å². The number of hydrogen-bond donors (Lipinski definition) is 2. The molecule has 0 saturated carbocycles. The Morgan fingerprint density at radius 2 is 1.54 bits per heavy atom. The lowest BCUT2D eigenvalue weighted by atomic mass is 10.1. The second kappa shape index (κ2) is 11.5. The van der Waals surface area contributed by atoms with Crippen molar-refractivity contribution in [1.29, 1.82) is 0 Å². The normalized spacial score (nSPS) is 11.3. The van der Waals surface area contributed by atoms with Crippen molar-refractivity contribution in [3.8, 4) is 0 Å². The Labute approximate surface area is 200 Å². The van der Waals surface area contributed by atoms with Gasteiger partial charge in [0.25, 0.3) is 5.69 Å². The van der Waals surface area contributed by atoms with E-state index in [2.05, 4.69) is 25.8 Å². The first-order valence-corrected chi connectivity index (χ1v) is 10.7. The molecule has 0 radical (unpaired) electrons. The molecule has 0 aliphatic rings. The van der Waals surface area contributed by atoms with Crippen LogP contribution >= 0.6 is 0 Å². The van der Waals surface area contributed by atoms with E-state index in [1.165, 1.54) is 6.07 Å². The topological polar surface area (TPSA) is 168 Å². The number of aryl methyl sites for hydroxylation is 1. The van der Waals surface area contributed by atoms with Crippen LogP contribution in [-0.2, 0) is 6.42 Å². The summed E-state index contributed by atoms with van der Waals surface area (Å²) in [5.41, 5.74) is 3.19. The zero-order valence-electron chi connectivity index (χ0n) is 19.1. The Morgan fingerprint density at radius 1 is 0.857 bits per heavy atom. The molecule has 3 rings (SSSR count). The number of non-ortho nitro benzene ring substituents is 1. The number of nitrogens with one attached hydrogen (secondary N) is 1. The van der Waals surface area contributed by atoms with Crippen LogP contribution in [0.25, 0.3) is 0 Å². The van der Waals surface area contributed by atoms with Crippen molar-refractivity contribution in [2.75, 3.05) is 18.5 Å². The molecule has 0 aliphatic carbocycles. The Bertz CT molecular complexity index is 1310. The van der Waals surface area contributed by atoms with Gasteiger partial charge in [-0.05, 0) is 67.8 Å². The first-order valence-electron chi connectivity index (χ1n) is 10.7. The maximum Gasteiger partial charge on any atom is 0.303 e. The van der Waals surface area contributed by atoms with E-state index in [1.54, 1.807) is 25.1 Å². The SMILES string of the molecule is CCNc1cc(CCO)ccc1N=Nc1ccc(N=Nc2ccc([N+](=O)[O-])cc2[N+](=O)[O-])c(C)c1. The van der Waals surface area contributed by atoms with Gasteiger partial charge in [0, 0.05) is 19.2 Å². The fraction of sp³-hybridized carbons (Fsp3) is 0.217. The Balaban J connectivity index is 1.82. The van der Waals surface area contributed by atoms with Crippen molar-refractivity contribution < 1.29 is 15.0 Å². The number of nitro groups is 2. The molecule has 180 valence electrons. The van der Waals surface area contributed by atoms with Gasteiger partial charge < -0.3 is 10.4 Å². The fourth-order valence-electron chi connectivity index (χ4n) is 3.18. The van der Waals surface area contributed by atoms with Crippen LogP contribution in [0.4, 0.5) is 39.8 Å². The monoisotopic (exact) mass is 477 g/mol. The molecule has 12 nitrogen and oxygen atoms in total. The Hall–Kier alpha value is -4.58. The molecule has 0 spiro atoms. The molecule has 0 heterocycles. The number of azo groups is 2. The summed E-state index contributed by atoms with van der Waals surface area (Å²) in [4.78, 5) is 20.7. The third kappa shape index (κ3) is 6.48. The summed E-state index contributed by atoms with van der Waals surface area (Å²) in [6.45, 7) is 4.52. The van der Waals surface area contributed by atoms with E-state index >= 15 is 0 Å². The van der Waals surface area contributed by atoms with Gasteiger partial charge in [-0.3, -0.25) is 20.2 Å². The number of aliphatic hydroxyl groups excluding tert-OH is 1. The lowest BCUT2D eigenvalue weighted by Gasteiger charge is -2.09. The quantitative estimate of drug-likeness (QED) is 0.189. The van der Waals surface area contributed by atoms with E-state index in [9.17, 15) is 20.2 Å². The highest BCUT2D eigenvalue weighted by atomic mass is 16.6. The second-order valence-corrected chi connectivity index (χ2v) is 7.41. The Kier molecular flexibility index (Phi) is 8.24. The van der Waals surface area contributed by atoms with E-state index in [4.69, 9.17) is 5.11 Å². The molecular weight excluding hydrogens is 454 g/mol. The van der Waals surface area contributed by atoms with Crippen LogP contribution in [0.3, 0.4) is 0 Å². The number of aliphatic hydroxyl groups is 1. The van der Waals surface area contributed by atoms with Gasteiger partial charge in [-0.2, -0.15) is 10.2 Å². The van der Waals surface area contributed by atoms with Crippen molar-refractivity contribution in [2.24, 2.45) is 20.5 Å². The first kappa shape index (κ1) is 25.1.